The molecule has 0 atom stereocenters. The summed E-state index contributed by atoms with van der Waals surface area (Å²) in [6.07, 6.45) is 6.40. The van der Waals surface area contributed by atoms with E-state index in [1.54, 1.807) is 0 Å². The van der Waals surface area contributed by atoms with Gasteiger partial charge in [0.15, 0.2) is 0 Å². The van der Waals surface area contributed by atoms with Gasteiger partial charge >= 0.3 is 0 Å². The monoisotopic (exact) mass is 538 g/mol. The summed E-state index contributed by atoms with van der Waals surface area (Å²) in [6, 6.07) is 43.4. The van der Waals surface area contributed by atoms with E-state index in [0.29, 0.717) is 0 Å². The second-order valence-corrected chi connectivity index (χ2v) is 10.3. The summed E-state index contributed by atoms with van der Waals surface area (Å²) in [5.74, 6) is 0. The van der Waals surface area contributed by atoms with Crippen LogP contribution in [0.1, 0.15) is 29.8 Å². The second kappa shape index (κ2) is 11.7. The van der Waals surface area contributed by atoms with E-state index in [1.807, 2.05) is 65.6 Å². The van der Waals surface area contributed by atoms with Gasteiger partial charge in [-0.25, -0.2) is 9.97 Å². The molecule has 0 amide bonds. The molecule has 0 aliphatic carbocycles. The van der Waals surface area contributed by atoms with Crippen molar-refractivity contribution in [2.45, 2.75) is 29.7 Å². The predicted molar refractivity (Wildman–Crippen MR) is 164 cm³/mol. The Morgan fingerprint density at radius 1 is 0.600 bits per heavy atom. The van der Waals surface area contributed by atoms with Crippen molar-refractivity contribution < 1.29 is 0 Å². The minimum absolute atomic E-state index is 0.718. The van der Waals surface area contributed by atoms with Gasteiger partial charge in [0.25, 0.3) is 0 Å². The number of rotatable bonds is 9. The molecule has 4 nitrogen and oxygen atoms in total. The van der Waals surface area contributed by atoms with Crippen LogP contribution in [0.2, 0.25) is 0 Å². The third-order valence-electron chi connectivity index (χ3n) is 7.36. The Bertz CT molecular complexity index is 1600. The average molecular weight is 539 g/mol. The number of thiol groups is 1. The lowest BCUT2D eigenvalue weighted by atomic mass is 9.83. The zero-order valence-corrected chi connectivity index (χ0v) is 23.0. The molecule has 6 rings (SSSR count). The molecule has 6 aromatic rings. The number of benzene rings is 3. The van der Waals surface area contributed by atoms with Crippen molar-refractivity contribution in [2.75, 3.05) is 0 Å². The highest BCUT2D eigenvalue weighted by Gasteiger charge is 2.40. The first-order valence-electron chi connectivity index (χ1n) is 13.6. The molecule has 196 valence electrons. The summed E-state index contributed by atoms with van der Waals surface area (Å²) < 4.78 is 2.04. The fraction of sp³-hybridized carbons (Fsp3) is 0.114. The Morgan fingerprint density at radius 3 is 1.73 bits per heavy atom. The molecule has 0 unspecified atom stereocenters. The molecule has 3 heterocycles. The molecular formula is C35H30N4S. The van der Waals surface area contributed by atoms with Crippen LogP contribution >= 0.6 is 12.6 Å². The number of hydrogen-bond donors (Lipinski definition) is 1. The third-order valence-corrected chi connectivity index (χ3v) is 7.79. The molecular weight excluding hydrogens is 508 g/mol. The van der Waals surface area contributed by atoms with E-state index in [0.717, 1.165) is 58.1 Å². The van der Waals surface area contributed by atoms with Gasteiger partial charge in [0.1, 0.15) is 5.54 Å². The zero-order chi connectivity index (χ0) is 27.2. The van der Waals surface area contributed by atoms with Crippen molar-refractivity contribution in [3.05, 3.63) is 157 Å². The molecule has 0 spiro atoms. The van der Waals surface area contributed by atoms with Crippen LogP contribution in [0.4, 0.5) is 0 Å². The SMILES string of the molecule is Sc1ccccc1CCCC(c1cccc(-c2ccccc2)n1)(c1cccc(-c2ccccc2)n1)n1cccn1. The van der Waals surface area contributed by atoms with Gasteiger partial charge in [-0.1, -0.05) is 91.0 Å². The summed E-state index contributed by atoms with van der Waals surface area (Å²) in [7, 11) is 0. The van der Waals surface area contributed by atoms with E-state index in [1.165, 1.54) is 5.56 Å². The molecule has 0 saturated carbocycles. The van der Waals surface area contributed by atoms with E-state index < -0.39 is 5.54 Å². The number of aryl methyl sites for hydroxylation is 1. The smallest absolute Gasteiger partial charge is 0.146 e. The normalized spacial score (nSPS) is 11.4. The van der Waals surface area contributed by atoms with Crippen LogP contribution in [0.3, 0.4) is 0 Å². The van der Waals surface area contributed by atoms with E-state index in [-0.39, 0.29) is 0 Å². The van der Waals surface area contributed by atoms with Crippen molar-refractivity contribution in [2.24, 2.45) is 0 Å². The van der Waals surface area contributed by atoms with Gasteiger partial charge in [-0.3, -0.25) is 4.68 Å². The molecule has 40 heavy (non-hydrogen) atoms. The minimum Gasteiger partial charge on any atom is -0.255 e. The second-order valence-electron chi connectivity index (χ2n) is 9.84. The van der Waals surface area contributed by atoms with Crippen LogP contribution in [-0.4, -0.2) is 19.7 Å². The quantitative estimate of drug-likeness (QED) is 0.189. The molecule has 0 saturated heterocycles. The van der Waals surface area contributed by atoms with Gasteiger partial charge in [-0.15, -0.1) is 12.6 Å². The maximum atomic E-state index is 5.28. The summed E-state index contributed by atoms with van der Waals surface area (Å²) in [4.78, 5) is 11.6. The van der Waals surface area contributed by atoms with Gasteiger partial charge in [-0.2, -0.15) is 5.10 Å². The number of nitrogens with zero attached hydrogens (tertiary/aromatic N) is 4. The van der Waals surface area contributed by atoms with Gasteiger partial charge in [0, 0.05) is 28.4 Å². The molecule has 3 aromatic heterocycles. The fourth-order valence-electron chi connectivity index (χ4n) is 5.36. The van der Waals surface area contributed by atoms with Gasteiger partial charge < -0.3 is 0 Å². The highest BCUT2D eigenvalue weighted by atomic mass is 32.1. The Labute approximate surface area is 240 Å². The lowest BCUT2D eigenvalue weighted by molar-refractivity contribution is 0.333. The lowest BCUT2D eigenvalue weighted by Crippen LogP contribution is -2.39. The van der Waals surface area contributed by atoms with E-state index in [9.17, 15) is 0 Å². The zero-order valence-electron chi connectivity index (χ0n) is 22.1. The number of hydrogen-bond acceptors (Lipinski definition) is 4. The number of pyridine rings is 2. The first-order valence-corrected chi connectivity index (χ1v) is 14.0. The fourth-order valence-corrected chi connectivity index (χ4v) is 5.63. The lowest BCUT2D eigenvalue weighted by Gasteiger charge is -2.34. The Morgan fingerprint density at radius 2 is 1.18 bits per heavy atom. The molecule has 0 bridgehead atoms. The van der Waals surface area contributed by atoms with Gasteiger partial charge in [0.05, 0.1) is 22.8 Å². The van der Waals surface area contributed by atoms with Crippen molar-refractivity contribution in [1.82, 2.24) is 19.7 Å². The maximum Gasteiger partial charge on any atom is 0.146 e. The molecule has 0 fully saturated rings. The Kier molecular flexibility index (Phi) is 7.56. The van der Waals surface area contributed by atoms with Crippen molar-refractivity contribution >= 4 is 12.6 Å². The van der Waals surface area contributed by atoms with Crippen molar-refractivity contribution in [3.63, 3.8) is 0 Å². The maximum absolute atomic E-state index is 5.28. The molecule has 0 radical (unpaired) electrons. The van der Waals surface area contributed by atoms with Crippen LogP contribution in [-0.2, 0) is 12.0 Å². The van der Waals surface area contributed by atoms with Crippen LogP contribution in [0.15, 0.2) is 145 Å². The third kappa shape index (κ3) is 5.21. The van der Waals surface area contributed by atoms with E-state index >= 15 is 0 Å². The van der Waals surface area contributed by atoms with E-state index in [4.69, 9.17) is 27.7 Å². The highest BCUT2D eigenvalue weighted by molar-refractivity contribution is 7.80. The summed E-state index contributed by atoms with van der Waals surface area (Å²) >= 11 is 4.71. The van der Waals surface area contributed by atoms with Crippen molar-refractivity contribution in [3.8, 4) is 22.5 Å². The summed E-state index contributed by atoms with van der Waals surface area (Å²) in [5.41, 5.74) is 6.34. The highest BCUT2D eigenvalue weighted by Crippen LogP contribution is 2.38. The molecule has 5 heteroatoms. The van der Waals surface area contributed by atoms with Crippen LogP contribution < -0.4 is 0 Å². The van der Waals surface area contributed by atoms with Gasteiger partial charge in [-0.05, 0) is 61.2 Å². The minimum atomic E-state index is -0.718. The predicted octanol–water partition coefficient (Wildman–Crippen LogP) is 8.11. The molecule has 3 aromatic carbocycles. The van der Waals surface area contributed by atoms with Crippen molar-refractivity contribution in [1.29, 1.82) is 0 Å². The Balaban J connectivity index is 1.51. The summed E-state index contributed by atoms with van der Waals surface area (Å²) in [6.45, 7) is 0. The van der Waals surface area contributed by atoms with Crippen LogP contribution in [0.5, 0.6) is 0 Å². The summed E-state index contributed by atoms with van der Waals surface area (Å²) in [5, 5.41) is 4.81. The average Bonchev–Trinajstić information content (AvgIpc) is 3.57. The van der Waals surface area contributed by atoms with Crippen LogP contribution in [0, 0.1) is 0 Å². The first kappa shape index (κ1) is 25.8. The standard InChI is InChI=1S/C35H30N4S/c40-32-21-8-7-17-29(32)18-11-24-35(39-26-12-25-36-39,33-22-9-19-30(37-33)27-13-3-1-4-14-27)34-23-10-20-31(38-34)28-15-5-2-6-16-28/h1-10,12-17,19-23,25-26,40H,11,18,24H2. The molecule has 0 aliphatic heterocycles. The topological polar surface area (TPSA) is 43.6 Å². The molecule has 0 N–H and O–H groups in total. The van der Waals surface area contributed by atoms with E-state index in [2.05, 4.69) is 78.9 Å². The first-order chi connectivity index (χ1) is 19.7. The molecule has 0 aliphatic rings. The van der Waals surface area contributed by atoms with Crippen LogP contribution in [0.25, 0.3) is 22.5 Å². The number of aromatic nitrogens is 4. The Hall–Kier alpha value is -4.48. The van der Waals surface area contributed by atoms with Gasteiger partial charge in [0.2, 0.25) is 0 Å². The largest absolute Gasteiger partial charge is 0.255 e.